The fraction of sp³-hybridized carbons (Fsp3) is 0.769. The summed E-state index contributed by atoms with van der Waals surface area (Å²) in [5, 5.41) is 3.61. The van der Waals surface area contributed by atoms with Crippen LogP contribution < -0.4 is 5.73 Å². The second-order valence-electron chi connectivity index (χ2n) is 5.06. The summed E-state index contributed by atoms with van der Waals surface area (Å²) in [6.45, 7) is 2.95. The fourth-order valence-corrected chi connectivity index (χ4v) is 3.40. The summed E-state index contributed by atoms with van der Waals surface area (Å²) in [5.41, 5.74) is 6.90. The van der Waals surface area contributed by atoms with E-state index in [-0.39, 0.29) is 0 Å². The molecule has 16 heavy (non-hydrogen) atoms. The molecule has 0 amide bonds. The SMILES string of the molecule is CC(CN)Cc1csc(C2CCCCC2)n1. The van der Waals surface area contributed by atoms with Gasteiger partial charge in [0, 0.05) is 11.3 Å². The maximum atomic E-state index is 5.65. The van der Waals surface area contributed by atoms with Gasteiger partial charge in [-0.05, 0) is 31.7 Å². The van der Waals surface area contributed by atoms with Gasteiger partial charge in [-0.25, -0.2) is 4.98 Å². The summed E-state index contributed by atoms with van der Waals surface area (Å²) < 4.78 is 0. The van der Waals surface area contributed by atoms with Crippen molar-refractivity contribution in [1.29, 1.82) is 0 Å². The number of nitrogens with two attached hydrogens (primary N) is 1. The van der Waals surface area contributed by atoms with Gasteiger partial charge in [0.2, 0.25) is 0 Å². The van der Waals surface area contributed by atoms with Gasteiger partial charge in [-0.15, -0.1) is 11.3 Å². The van der Waals surface area contributed by atoms with Crippen LogP contribution in [0.2, 0.25) is 0 Å². The largest absolute Gasteiger partial charge is 0.330 e. The lowest BCUT2D eigenvalue weighted by atomic mass is 9.90. The third-order valence-electron chi connectivity index (χ3n) is 3.48. The molecule has 1 unspecified atom stereocenters. The molecular weight excluding hydrogens is 216 g/mol. The van der Waals surface area contributed by atoms with Gasteiger partial charge in [0.15, 0.2) is 0 Å². The van der Waals surface area contributed by atoms with Crippen molar-refractivity contribution in [2.24, 2.45) is 11.7 Å². The lowest BCUT2D eigenvalue weighted by molar-refractivity contribution is 0.441. The summed E-state index contributed by atoms with van der Waals surface area (Å²) in [6, 6.07) is 0. The van der Waals surface area contributed by atoms with Gasteiger partial charge in [-0.1, -0.05) is 26.2 Å². The third kappa shape index (κ3) is 3.05. The standard InChI is InChI=1S/C13H22N2S/c1-10(8-14)7-12-9-16-13(15-12)11-5-3-2-4-6-11/h9-11H,2-8,14H2,1H3. The van der Waals surface area contributed by atoms with Gasteiger partial charge in [-0.3, -0.25) is 0 Å². The van der Waals surface area contributed by atoms with Crippen LogP contribution >= 0.6 is 11.3 Å². The Balaban J connectivity index is 1.95. The predicted molar refractivity (Wildman–Crippen MR) is 69.9 cm³/mol. The van der Waals surface area contributed by atoms with E-state index in [0.717, 1.165) is 18.9 Å². The van der Waals surface area contributed by atoms with Crippen molar-refractivity contribution >= 4 is 11.3 Å². The minimum absolute atomic E-state index is 0.557. The number of hydrogen-bond acceptors (Lipinski definition) is 3. The Bertz CT molecular complexity index is 315. The maximum absolute atomic E-state index is 5.65. The zero-order valence-electron chi connectivity index (χ0n) is 10.1. The number of rotatable bonds is 4. The van der Waals surface area contributed by atoms with E-state index in [0.29, 0.717) is 5.92 Å². The van der Waals surface area contributed by atoms with E-state index >= 15 is 0 Å². The van der Waals surface area contributed by atoms with Gasteiger partial charge in [-0.2, -0.15) is 0 Å². The number of hydrogen-bond donors (Lipinski definition) is 1. The normalized spacial score (nSPS) is 19.9. The first-order valence-corrected chi connectivity index (χ1v) is 7.32. The monoisotopic (exact) mass is 238 g/mol. The molecule has 0 saturated heterocycles. The highest BCUT2D eigenvalue weighted by Crippen LogP contribution is 2.34. The molecule has 90 valence electrons. The molecule has 0 aliphatic heterocycles. The van der Waals surface area contributed by atoms with Crippen molar-refractivity contribution in [1.82, 2.24) is 4.98 Å². The van der Waals surface area contributed by atoms with Crippen molar-refractivity contribution < 1.29 is 0 Å². The van der Waals surface area contributed by atoms with E-state index < -0.39 is 0 Å². The van der Waals surface area contributed by atoms with Gasteiger partial charge in [0.25, 0.3) is 0 Å². The second kappa shape index (κ2) is 5.78. The fourth-order valence-electron chi connectivity index (χ4n) is 2.39. The van der Waals surface area contributed by atoms with Crippen LogP contribution in [0.15, 0.2) is 5.38 Å². The number of aromatic nitrogens is 1. The highest BCUT2D eigenvalue weighted by atomic mass is 32.1. The first-order chi connectivity index (χ1) is 7.79. The van der Waals surface area contributed by atoms with Crippen molar-refractivity contribution in [2.75, 3.05) is 6.54 Å². The van der Waals surface area contributed by atoms with Gasteiger partial charge >= 0.3 is 0 Å². The van der Waals surface area contributed by atoms with Crippen molar-refractivity contribution in [3.63, 3.8) is 0 Å². The number of nitrogens with zero attached hydrogens (tertiary/aromatic N) is 1. The van der Waals surface area contributed by atoms with Crippen LogP contribution in [0.4, 0.5) is 0 Å². The summed E-state index contributed by atoms with van der Waals surface area (Å²) in [6.07, 6.45) is 7.93. The maximum Gasteiger partial charge on any atom is 0.0959 e. The van der Waals surface area contributed by atoms with Gasteiger partial charge in [0.1, 0.15) is 0 Å². The van der Waals surface area contributed by atoms with E-state index in [9.17, 15) is 0 Å². The molecule has 2 N–H and O–H groups in total. The highest BCUT2D eigenvalue weighted by Gasteiger charge is 2.18. The van der Waals surface area contributed by atoms with Crippen LogP contribution in [-0.2, 0) is 6.42 Å². The summed E-state index contributed by atoms with van der Waals surface area (Å²) in [5.74, 6) is 1.31. The molecule has 1 fully saturated rings. The van der Waals surface area contributed by atoms with E-state index in [1.165, 1.54) is 42.8 Å². The van der Waals surface area contributed by atoms with E-state index in [4.69, 9.17) is 10.7 Å². The summed E-state index contributed by atoms with van der Waals surface area (Å²) in [4.78, 5) is 4.78. The van der Waals surface area contributed by atoms with Crippen LogP contribution in [0.1, 0.15) is 55.6 Å². The first kappa shape index (κ1) is 12.1. The molecule has 3 heteroatoms. The van der Waals surface area contributed by atoms with Crippen LogP contribution in [-0.4, -0.2) is 11.5 Å². The van der Waals surface area contributed by atoms with Gasteiger partial charge in [0.05, 0.1) is 10.7 Å². The van der Waals surface area contributed by atoms with Crippen LogP contribution in [0.3, 0.4) is 0 Å². The summed E-state index contributed by atoms with van der Waals surface area (Å²) in [7, 11) is 0. The molecule has 1 aromatic rings. The smallest absolute Gasteiger partial charge is 0.0959 e. The van der Waals surface area contributed by atoms with Crippen LogP contribution in [0.5, 0.6) is 0 Å². The minimum atomic E-state index is 0.557. The van der Waals surface area contributed by atoms with Crippen LogP contribution in [0.25, 0.3) is 0 Å². The average molecular weight is 238 g/mol. The third-order valence-corrected chi connectivity index (χ3v) is 4.54. The molecule has 1 aromatic heterocycles. The second-order valence-corrected chi connectivity index (χ2v) is 5.95. The van der Waals surface area contributed by atoms with E-state index in [1.54, 1.807) is 0 Å². The Morgan fingerprint density at radius 2 is 2.19 bits per heavy atom. The first-order valence-electron chi connectivity index (χ1n) is 6.44. The van der Waals surface area contributed by atoms with Gasteiger partial charge < -0.3 is 5.73 Å². The molecule has 2 nitrogen and oxygen atoms in total. The molecule has 1 atom stereocenters. The summed E-state index contributed by atoms with van der Waals surface area (Å²) >= 11 is 1.86. The molecule has 1 aliphatic carbocycles. The molecule has 0 aromatic carbocycles. The Kier molecular flexibility index (Phi) is 4.36. The van der Waals surface area contributed by atoms with Crippen molar-refractivity contribution in [2.45, 2.75) is 51.4 Å². The Labute approximate surface area is 102 Å². The Hall–Kier alpha value is -0.410. The molecule has 1 aliphatic rings. The zero-order valence-corrected chi connectivity index (χ0v) is 10.9. The molecule has 1 heterocycles. The zero-order chi connectivity index (χ0) is 11.4. The van der Waals surface area contributed by atoms with Crippen LogP contribution in [0, 0.1) is 5.92 Å². The lowest BCUT2D eigenvalue weighted by Crippen LogP contribution is -2.13. The molecule has 0 spiro atoms. The van der Waals surface area contributed by atoms with E-state index in [2.05, 4.69) is 12.3 Å². The quantitative estimate of drug-likeness (QED) is 0.874. The van der Waals surface area contributed by atoms with Crippen molar-refractivity contribution in [3.8, 4) is 0 Å². The Morgan fingerprint density at radius 3 is 2.88 bits per heavy atom. The Morgan fingerprint density at radius 1 is 1.44 bits per heavy atom. The lowest BCUT2D eigenvalue weighted by Gasteiger charge is -2.18. The molecule has 1 saturated carbocycles. The highest BCUT2D eigenvalue weighted by molar-refractivity contribution is 7.09. The van der Waals surface area contributed by atoms with E-state index in [1.807, 2.05) is 11.3 Å². The minimum Gasteiger partial charge on any atom is -0.330 e. The number of thiazole rings is 1. The molecule has 0 radical (unpaired) electrons. The van der Waals surface area contributed by atoms with Crippen molar-refractivity contribution in [3.05, 3.63) is 16.1 Å². The average Bonchev–Trinajstić information content (AvgIpc) is 2.78. The molecule has 0 bridgehead atoms. The molecular formula is C13H22N2S. The predicted octanol–water partition coefficient (Wildman–Crippen LogP) is 3.33. The molecule has 2 rings (SSSR count). The topological polar surface area (TPSA) is 38.9 Å².